The zero-order valence-corrected chi connectivity index (χ0v) is 18.4. The third-order valence-electron chi connectivity index (χ3n) is 6.43. The highest BCUT2D eigenvalue weighted by Gasteiger charge is 2.74. The number of fused-ring (bicyclic) bond motifs is 1. The van der Waals surface area contributed by atoms with Gasteiger partial charge in [0.1, 0.15) is 12.6 Å². The van der Waals surface area contributed by atoms with Gasteiger partial charge in [-0.15, -0.1) is 18.3 Å². The fourth-order valence-electron chi connectivity index (χ4n) is 5.26. The van der Waals surface area contributed by atoms with Crippen LogP contribution in [0.15, 0.2) is 25.3 Å². The maximum Gasteiger partial charge on any atom is 0.311 e. The number of likely N-dealkylation sites (tertiary alicyclic amines) is 1. The second-order valence-corrected chi connectivity index (χ2v) is 9.76. The molecule has 3 heterocycles. The van der Waals surface area contributed by atoms with Gasteiger partial charge in [0, 0.05) is 24.9 Å². The lowest BCUT2D eigenvalue weighted by atomic mass is 9.71. The van der Waals surface area contributed by atoms with E-state index < -0.39 is 28.6 Å². The van der Waals surface area contributed by atoms with Gasteiger partial charge < -0.3 is 19.6 Å². The first-order valence-corrected chi connectivity index (χ1v) is 11.6. The van der Waals surface area contributed by atoms with Gasteiger partial charge in [0.25, 0.3) is 0 Å². The molecule has 0 saturated carbocycles. The van der Waals surface area contributed by atoms with Crippen molar-refractivity contribution >= 4 is 29.5 Å². The lowest BCUT2D eigenvalue weighted by Crippen LogP contribution is -2.55. The molecule has 166 valence electrons. The molecule has 0 aromatic heterocycles. The van der Waals surface area contributed by atoms with Crippen LogP contribution in [0.2, 0.25) is 0 Å². The molecule has 0 aliphatic carbocycles. The fourth-order valence-corrected chi connectivity index (χ4v) is 7.46. The number of rotatable bonds is 11. The van der Waals surface area contributed by atoms with Crippen LogP contribution < -0.4 is 0 Å². The number of amides is 2. The first-order valence-electron chi connectivity index (χ1n) is 10.7. The van der Waals surface area contributed by atoms with Gasteiger partial charge in [-0.2, -0.15) is 0 Å². The number of aliphatic hydroxyl groups excluding tert-OH is 1. The number of hydrogen-bond acceptors (Lipinski definition) is 6. The molecule has 3 saturated heterocycles. The molecule has 8 heteroatoms. The van der Waals surface area contributed by atoms with E-state index in [1.54, 1.807) is 22.7 Å². The van der Waals surface area contributed by atoms with Gasteiger partial charge in [0.2, 0.25) is 11.8 Å². The highest BCUT2D eigenvalue weighted by Crippen LogP contribution is 2.66. The van der Waals surface area contributed by atoms with E-state index in [0.29, 0.717) is 19.5 Å². The van der Waals surface area contributed by atoms with Gasteiger partial charge in [-0.25, -0.2) is 0 Å². The summed E-state index contributed by atoms with van der Waals surface area (Å²) in [5.74, 6) is -1.86. The van der Waals surface area contributed by atoms with Gasteiger partial charge >= 0.3 is 5.97 Å². The summed E-state index contributed by atoms with van der Waals surface area (Å²) >= 11 is 1.60. The van der Waals surface area contributed by atoms with Crippen LogP contribution in [-0.2, 0) is 19.1 Å². The van der Waals surface area contributed by atoms with Gasteiger partial charge in [-0.3, -0.25) is 14.4 Å². The zero-order chi connectivity index (χ0) is 21.9. The Balaban J connectivity index is 1.95. The molecule has 30 heavy (non-hydrogen) atoms. The molecular formula is C22H32N2O5S. The van der Waals surface area contributed by atoms with E-state index >= 15 is 0 Å². The number of β-amino-alcohol motifs (C(OH)–C–C–N with tert-alkyl or cyclic N) is 1. The number of unbranched alkanes of at least 4 members (excludes halogenated alkanes) is 1. The maximum absolute atomic E-state index is 13.7. The van der Waals surface area contributed by atoms with Crippen molar-refractivity contribution in [2.45, 2.75) is 48.6 Å². The van der Waals surface area contributed by atoms with Crippen LogP contribution in [0.3, 0.4) is 0 Å². The first-order chi connectivity index (χ1) is 14.5. The monoisotopic (exact) mass is 436 g/mol. The van der Waals surface area contributed by atoms with Crippen molar-refractivity contribution in [3.05, 3.63) is 25.3 Å². The number of carbonyl (C=O) groups excluding carboxylic acids is 3. The molecule has 3 aliphatic rings. The SMILES string of the molecule is C=CCOC(=O)[C@@H]1[C@@H]2CCC3(S2)C(C(=O)N(CC=C)CCCC)N(CCO)C(=O)[C@H]13. The standard InChI is InChI=1S/C22H32N2O5S/c1-4-7-11-23(10-5-2)20(27)18-22-9-8-15(30-22)16(21(28)29-14-6-3)17(22)19(26)24(18)12-13-25/h5-6,15-18,25H,2-4,7-14H2,1H3/t15-,16+,17-,18?,22?/m0/s1. The van der Waals surface area contributed by atoms with Crippen molar-refractivity contribution in [2.24, 2.45) is 11.8 Å². The van der Waals surface area contributed by atoms with Gasteiger partial charge in [-0.1, -0.05) is 32.1 Å². The molecule has 0 radical (unpaired) electrons. The number of nitrogens with zero attached hydrogens (tertiary/aromatic N) is 2. The summed E-state index contributed by atoms with van der Waals surface area (Å²) < 4.78 is 4.67. The highest BCUT2D eigenvalue weighted by molar-refractivity contribution is 8.02. The third-order valence-corrected chi connectivity index (χ3v) is 8.39. The van der Waals surface area contributed by atoms with Crippen LogP contribution in [0, 0.1) is 11.8 Å². The minimum absolute atomic E-state index is 0.0219. The van der Waals surface area contributed by atoms with Crippen LogP contribution in [0.25, 0.3) is 0 Å². The fraction of sp³-hybridized carbons (Fsp3) is 0.682. The minimum atomic E-state index is -0.675. The Bertz CT molecular complexity index is 714. The Labute approximate surface area is 182 Å². The Kier molecular flexibility index (Phi) is 7.29. The van der Waals surface area contributed by atoms with Crippen LogP contribution in [0.1, 0.15) is 32.6 Å². The van der Waals surface area contributed by atoms with E-state index in [-0.39, 0.29) is 36.8 Å². The molecule has 3 fully saturated rings. The van der Waals surface area contributed by atoms with Gasteiger partial charge in [0.05, 0.1) is 23.2 Å². The molecule has 1 N–H and O–H groups in total. The number of esters is 1. The van der Waals surface area contributed by atoms with Crippen molar-refractivity contribution in [3.8, 4) is 0 Å². The summed E-state index contributed by atoms with van der Waals surface area (Å²) in [6.07, 6.45) is 6.50. The van der Waals surface area contributed by atoms with Crippen molar-refractivity contribution in [1.82, 2.24) is 9.80 Å². The van der Waals surface area contributed by atoms with Gasteiger partial charge in [0.15, 0.2) is 0 Å². The number of hydrogen-bond donors (Lipinski definition) is 1. The highest BCUT2D eigenvalue weighted by atomic mass is 32.2. The third kappa shape index (κ3) is 3.68. The lowest BCUT2D eigenvalue weighted by molar-refractivity contribution is -0.153. The summed E-state index contributed by atoms with van der Waals surface area (Å²) in [7, 11) is 0. The van der Waals surface area contributed by atoms with E-state index in [0.717, 1.165) is 19.3 Å². The molecule has 3 aliphatic heterocycles. The summed E-state index contributed by atoms with van der Waals surface area (Å²) in [6.45, 7) is 10.4. The lowest BCUT2D eigenvalue weighted by Gasteiger charge is -2.37. The first kappa shape index (κ1) is 22.9. The molecule has 7 nitrogen and oxygen atoms in total. The van der Waals surface area contributed by atoms with Crippen LogP contribution in [0.4, 0.5) is 0 Å². The van der Waals surface area contributed by atoms with Crippen LogP contribution in [-0.4, -0.2) is 81.6 Å². The van der Waals surface area contributed by atoms with Crippen molar-refractivity contribution in [2.75, 3.05) is 32.8 Å². The van der Waals surface area contributed by atoms with E-state index in [4.69, 9.17) is 4.74 Å². The Morgan fingerprint density at radius 3 is 2.80 bits per heavy atom. The second-order valence-electron chi connectivity index (χ2n) is 8.16. The molecule has 0 aromatic rings. The molecule has 2 amide bonds. The van der Waals surface area contributed by atoms with Crippen LogP contribution in [0.5, 0.6) is 0 Å². The van der Waals surface area contributed by atoms with E-state index in [9.17, 15) is 19.5 Å². The quantitative estimate of drug-likeness (QED) is 0.391. The Morgan fingerprint density at radius 1 is 1.40 bits per heavy atom. The topological polar surface area (TPSA) is 87.2 Å². The van der Waals surface area contributed by atoms with E-state index in [1.807, 2.05) is 0 Å². The van der Waals surface area contributed by atoms with Crippen molar-refractivity contribution < 1.29 is 24.2 Å². The predicted octanol–water partition coefficient (Wildman–Crippen LogP) is 1.61. The molecule has 2 unspecified atom stereocenters. The molecule has 5 atom stereocenters. The maximum atomic E-state index is 13.7. The molecule has 3 rings (SSSR count). The van der Waals surface area contributed by atoms with Crippen LogP contribution >= 0.6 is 11.8 Å². The number of ether oxygens (including phenoxy) is 1. The average molecular weight is 437 g/mol. The number of thioether (sulfide) groups is 1. The molecule has 0 aromatic carbocycles. The second kappa shape index (κ2) is 9.56. The summed E-state index contributed by atoms with van der Waals surface area (Å²) in [5, 5.41) is 9.58. The summed E-state index contributed by atoms with van der Waals surface area (Å²) in [5.41, 5.74) is 0. The zero-order valence-electron chi connectivity index (χ0n) is 17.6. The Morgan fingerprint density at radius 2 is 2.17 bits per heavy atom. The largest absolute Gasteiger partial charge is 0.461 e. The predicted molar refractivity (Wildman–Crippen MR) is 116 cm³/mol. The normalized spacial score (nSPS) is 31.5. The summed E-state index contributed by atoms with van der Waals surface area (Å²) in [6, 6.07) is -0.675. The van der Waals surface area contributed by atoms with E-state index in [1.165, 1.54) is 11.0 Å². The average Bonchev–Trinajstić information content (AvgIpc) is 3.37. The number of carbonyl (C=O) groups is 3. The minimum Gasteiger partial charge on any atom is -0.461 e. The smallest absolute Gasteiger partial charge is 0.311 e. The Hall–Kier alpha value is -1.80. The molecular weight excluding hydrogens is 404 g/mol. The molecule has 1 spiro atoms. The summed E-state index contributed by atoms with van der Waals surface area (Å²) in [4.78, 5) is 43.2. The van der Waals surface area contributed by atoms with Crippen molar-refractivity contribution in [3.63, 3.8) is 0 Å². The van der Waals surface area contributed by atoms with E-state index in [2.05, 4.69) is 20.1 Å². The van der Waals surface area contributed by atoms with Crippen molar-refractivity contribution in [1.29, 1.82) is 0 Å². The van der Waals surface area contributed by atoms with Gasteiger partial charge in [-0.05, 0) is 19.3 Å². The number of aliphatic hydroxyl groups is 1. The molecule has 2 bridgehead atoms.